The van der Waals surface area contributed by atoms with Crippen LogP contribution in [0.3, 0.4) is 0 Å². The van der Waals surface area contributed by atoms with E-state index in [1.807, 2.05) is 30.3 Å². The van der Waals surface area contributed by atoms with Crippen LogP contribution >= 0.6 is 0 Å². The molecular formula is C33H51NO4. The number of nitrogens with zero attached hydrogens (tertiary/aromatic N) is 1. The number of nitro benzene ring substituents is 1. The van der Waals surface area contributed by atoms with Crippen molar-refractivity contribution in [3.05, 3.63) is 76.3 Å². The predicted molar refractivity (Wildman–Crippen MR) is 159 cm³/mol. The van der Waals surface area contributed by atoms with Crippen molar-refractivity contribution in [2.24, 2.45) is 5.92 Å². The monoisotopic (exact) mass is 525 g/mol. The Hall–Kier alpha value is -2.69. The molecule has 0 saturated heterocycles. The minimum absolute atomic E-state index is 0.137. The summed E-state index contributed by atoms with van der Waals surface area (Å²) in [6.07, 6.45) is 23.2. The quantitative estimate of drug-likeness (QED) is 0.0998. The summed E-state index contributed by atoms with van der Waals surface area (Å²) in [5, 5.41) is 19.5. The van der Waals surface area contributed by atoms with Crippen molar-refractivity contribution in [1.29, 1.82) is 0 Å². The molecule has 2 aromatic rings. The highest BCUT2D eigenvalue weighted by atomic mass is 16.6. The Bertz CT molecular complexity index is 825. The number of carbonyl (C=O) groups is 1. The number of benzene rings is 2. The van der Waals surface area contributed by atoms with Gasteiger partial charge in [-0.05, 0) is 18.4 Å². The van der Waals surface area contributed by atoms with Gasteiger partial charge >= 0.3 is 5.97 Å². The molecule has 0 amide bonds. The van der Waals surface area contributed by atoms with E-state index in [9.17, 15) is 20.0 Å². The first-order valence-electron chi connectivity index (χ1n) is 15.0. The van der Waals surface area contributed by atoms with Gasteiger partial charge in [0.15, 0.2) is 0 Å². The molecule has 0 aliphatic rings. The molecule has 212 valence electrons. The predicted octanol–water partition coefficient (Wildman–Crippen LogP) is 10.2. The van der Waals surface area contributed by atoms with E-state index in [0.29, 0.717) is 6.42 Å². The second-order valence-corrected chi connectivity index (χ2v) is 10.4. The third-order valence-corrected chi connectivity index (χ3v) is 7.05. The fourth-order valence-corrected chi connectivity index (χ4v) is 4.70. The summed E-state index contributed by atoms with van der Waals surface area (Å²) in [5.74, 6) is -0.876. The van der Waals surface area contributed by atoms with E-state index in [0.717, 1.165) is 18.4 Å². The smallest absolute Gasteiger partial charge is 0.306 e. The van der Waals surface area contributed by atoms with Gasteiger partial charge in [0.05, 0.1) is 10.8 Å². The van der Waals surface area contributed by atoms with Crippen molar-refractivity contribution in [1.82, 2.24) is 0 Å². The summed E-state index contributed by atoms with van der Waals surface area (Å²) in [7, 11) is 0. The van der Waals surface area contributed by atoms with Gasteiger partial charge in [0.2, 0.25) is 0 Å². The molecule has 2 aromatic carbocycles. The fraction of sp³-hybridized carbons (Fsp3) is 0.606. The molecule has 1 unspecified atom stereocenters. The van der Waals surface area contributed by atoms with E-state index in [2.05, 4.69) is 6.92 Å². The van der Waals surface area contributed by atoms with Crippen molar-refractivity contribution in [3.8, 4) is 0 Å². The Balaban J connectivity index is 0.000000671. The lowest BCUT2D eigenvalue weighted by atomic mass is 9.93. The number of rotatable bonds is 21. The second-order valence-electron chi connectivity index (χ2n) is 10.4. The Labute approximate surface area is 231 Å². The highest BCUT2D eigenvalue weighted by molar-refractivity contribution is 5.70. The first kappa shape index (κ1) is 33.3. The third-order valence-electron chi connectivity index (χ3n) is 7.05. The van der Waals surface area contributed by atoms with Crippen molar-refractivity contribution >= 4 is 11.7 Å². The molecule has 5 nitrogen and oxygen atoms in total. The summed E-state index contributed by atoms with van der Waals surface area (Å²) in [4.78, 5) is 21.1. The highest BCUT2D eigenvalue weighted by Gasteiger charge is 2.17. The third kappa shape index (κ3) is 18.5. The van der Waals surface area contributed by atoms with Crippen LogP contribution in [-0.4, -0.2) is 16.0 Å². The van der Waals surface area contributed by atoms with E-state index in [1.165, 1.54) is 108 Å². The SMILES string of the molecule is CCCCCCCCCCCCCCCCCCC(Cc1ccccc1)C(=O)O.O=[N+]([O-])c1ccccc1. The number of hydrogen-bond donors (Lipinski definition) is 1. The van der Waals surface area contributed by atoms with Crippen LogP contribution in [0.25, 0.3) is 0 Å². The standard InChI is InChI=1S/C27H46O2.C6H5NO2/c1-2-3-4-5-6-7-8-9-10-11-12-13-14-15-16-20-23-26(27(28)29)24-25-21-18-17-19-22-25;8-7(9)6-4-2-1-3-5-6/h17-19,21-22,26H,2-16,20,23-24H2,1H3,(H,28,29);1-5H. The average molecular weight is 526 g/mol. The molecule has 5 heteroatoms. The molecule has 1 atom stereocenters. The molecule has 2 rings (SSSR count). The van der Waals surface area contributed by atoms with Crippen molar-refractivity contribution < 1.29 is 14.8 Å². The maximum atomic E-state index is 11.5. The zero-order valence-electron chi connectivity index (χ0n) is 23.7. The first-order chi connectivity index (χ1) is 18.5. The van der Waals surface area contributed by atoms with Gasteiger partial charge in [0, 0.05) is 12.1 Å². The topological polar surface area (TPSA) is 80.4 Å². The van der Waals surface area contributed by atoms with Crippen LogP contribution in [-0.2, 0) is 11.2 Å². The van der Waals surface area contributed by atoms with Gasteiger partial charge in [-0.25, -0.2) is 0 Å². The average Bonchev–Trinajstić information content (AvgIpc) is 2.93. The summed E-state index contributed by atoms with van der Waals surface area (Å²) >= 11 is 0. The zero-order valence-corrected chi connectivity index (χ0v) is 23.7. The Morgan fingerprint density at radius 1 is 0.684 bits per heavy atom. The maximum absolute atomic E-state index is 11.5. The van der Waals surface area contributed by atoms with Crippen LogP contribution in [0.2, 0.25) is 0 Å². The number of carboxylic acids is 1. The number of para-hydroxylation sites is 1. The van der Waals surface area contributed by atoms with Crippen molar-refractivity contribution in [3.63, 3.8) is 0 Å². The lowest BCUT2D eigenvalue weighted by molar-refractivity contribution is -0.384. The van der Waals surface area contributed by atoms with E-state index in [-0.39, 0.29) is 11.6 Å². The van der Waals surface area contributed by atoms with Gasteiger partial charge in [-0.3, -0.25) is 14.9 Å². The van der Waals surface area contributed by atoms with Crippen LogP contribution in [0.1, 0.15) is 122 Å². The van der Waals surface area contributed by atoms with E-state index in [1.54, 1.807) is 18.2 Å². The molecule has 0 aromatic heterocycles. The lowest BCUT2D eigenvalue weighted by Crippen LogP contribution is -2.16. The summed E-state index contributed by atoms with van der Waals surface area (Å²) in [6.45, 7) is 2.28. The van der Waals surface area contributed by atoms with Gasteiger partial charge in [-0.1, -0.05) is 158 Å². The van der Waals surface area contributed by atoms with Gasteiger partial charge in [-0.2, -0.15) is 0 Å². The number of aliphatic carboxylic acids is 1. The van der Waals surface area contributed by atoms with E-state index >= 15 is 0 Å². The summed E-state index contributed by atoms with van der Waals surface area (Å²) in [6, 6.07) is 18.0. The van der Waals surface area contributed by atoms with Crippen molar-refractivity contribution in [2.45, 2.75) is 122 Å². The lowest BCUT2D eigenvalue weighted by Gasteiger charge is -2.12. The molecule has 0 spiro atoms. The molecule has 0 fully saturated rings. The minimum atomic E-state index is -0.644. The van der Waals surface area contributed by atoms with Crippen LogP contribution < -0.4 is 0 Å². The Morgan fingerprint density at radius 2 is 1.08 bits per heavy atom. The molecule has 0 aliphatic carbocycles. The number of carboxylic acid groups (broad SMARTS) is 1. The minimum Gasteiger partial charge on any atom is -0.481 e. The van der Waals surface area contributed by atoms with Gasteiger partial charge in [-0.15, -0.1) is 0 Å². The fourth-order valence-electron chi connectivity index (χ4n) is 4.70. The molecule has 0 saturated carbocycles. The van der Waals surface area contributed by atoms with Gasteiger partial charge in [0.1, 0.15) is 0 Å². The molecule has 38 heavy (non-hydrogen) atoms. The zero-order chi connectivity index (χ0) is 27.7. The normalized spacial score (nSPS) is 11.4. The van der Waals surface area contributed by atoms with Crippen LogP contribution in [0.4, 0.5) is 5.69 Å². The number of hydrogen-bond acceptors (Lipinski definition) is 3. The molecule has 0 aliphatic heterocycles. The van der Waals surface area contributed by atoms with Gasteiger partial charge in [0.25, 0.3) is 5.69 Å². The number of nitro groups is 1. The molecule has 0 heterocycles. The van der Waals surface area contributed by atoms with E-state index < -0.39 is 10.9 Å². The molecular weight excluding hydrogens is 474 g/mol. The van der Waals surface area contributed by atoms with Crippen LogP contribution in [0.15, 0.2) is 60.7 Å². The largest absolute Gasteiger partial charge is 0.481 e. The second kappa shape index (κ2) is 23.4. The number of unbranched alkanes of at least 4 members (excludes halogenated alkanes) is 15. The summed E-state index contributed by atoms with van der Waals surface area (Å²) in [5.41, 5.74) is 1.27. The van der Waals surface area contributed by atoms with Crippen LogP contribution in [0.5, 0.6) is 0 Å². The van der Waals surface area contributed by atoms with E-state index in [4.69, 9.17) is 0 Å². The molecule has 0 radical (unpaired) electrons. The highest BCUT2D eigenvalue weighted by Crippen LogP contribution is 2.18. The Kier molecular flexibility index (Phi) is 20.6. The summed E-state index contributed by atoms with van der Waals surface area (Å²) < 4.78 is 0. The Morgan fingerprint density at radius 3 is 1.45 bits per heavy atom. The first-order valence-corrected chi connectivity index (χ1v) is 15.0. The van der Waals surface area contributed by atoms with Crippen molar-refractivity contribution in [2.75, 3.05) is 0 Å². The van der Waals surface area contributed by atoms with Gasteiger partial charge < -0.3 is 5.11 Å². The molecule has 1 N–H and O–H groups in total. The number of non-ortho nitro benzene ring substituents is 1. The maximum Gasteiger partial charge on any atom is 0.306 e. The molecule has 0 bridgehead atoms. The van der Waals surface area contributed by atoms with Crippen LogP contribution in [0, 0.1) is 16.0 Å².